The van der Waals surface area contributed by atoms with E-state index in [0.29, 0.717) is 24.9 Å². The molecule has 2 fully saturated rings. The maximum absolute atomic E-state index is 11.8. The molecule has 16 heavy (non-hydrogen) atoms. The van der Waals surface area contributed by atoms with Gasteiger partial charge in [-0.15, -0.1) is 0 Å². The van der Waals surface area contributed by atoms with Crippen molar-refractivity contribution in [2.24, 2.45) is 0 Å². The molecule has 0 aromatic carbocycles. The summed E-state index contributed by atoms with van der Waals surface area (Å²) in [4.78, 5) is 14.0. The molecule has 0 saturated carbocycles. The van der Waals surface area contributed by atoms with Crippen LogP contribution in [-0.4, -0.2) is 56.1 Å². The molecule has 1 atom stereocenters. The first kappa shape index (κ1) is 12.0. The molecule has 2 heterocycles. The second-order valence-electron chi connectivity index (χ2n) is 4.74. The van der Waals surface area contributed by atoms with Gasteiger partial charge in [-0.2, -0.15) is 0 Å². The molecule has 0 amide bonds. The predicted molar refractivity (Wildman–Crippen MR) is 62.5 cm³/mol. The van der Waals surface area contributed by atoms with Crippen LogP contribution in [0.1, 0.15) is 25.7 Å². The number of nitrogens with one attached hydrogen (secondary N) is 1. The Morgan fingerprint density at radius 2 is 2.19 bits per heavy atom. The lowest BCUT2D eigenvalue weighted by Crippen LogP contribution is -2.45. The SMILES string of the molecule is O=C(CCC1CCCO1)CN1CCNCC1. The first-order chi connectivity index (χ1) is 7.84. The molecule has 1 unspecified atom stereocenters. The van der Waals surface area contributed by atoms with E-state index in [2.05, 4.69) is 10.2 Å². The molecule has 0 aromatic rings. The number of carbonyl (C=O) groups excluding carboxylic acids is 1. The van der Waals surface area contributed by atoms with Crippen molar-refractivity contribution >= 4 is 5.78 Å². The van der Waals surface area contributed by atoms with Crippen LogP contribution in [0.4, 0.5) is 0 Å². The van der Waals surface area contributed by atoms with Gasteiger partial charge in [0.2, 0.25) is 0 Å². The summed E-state index contributed by atoms with van der Waals surface area (Å²) in [6, 6.07) is 0. The number of hydrogen-bond acceptors (Lipinski definition) is 4. The summed E-state index contributed by atoms with van der Waals surface area (Å²) in [6.45, 7) is 5.56. The number of Topliss-reactive ketones (excluding diaryl/α,β-unsaturated/α-hetero) is 1. The van der Waals surface area contributed by atoms with Gasteiger partial charge < -0.3 is 10.1 Å². The van der Waals surface area contributed by atoms with Gasteiger partial charge in [-0.25, -0.2) is 0 Å². The van der Waals surface area contributed by atoms with Gasteiger partial charge >= 0.3 is 0 Å². The Morgan fingerprint density at radius 3 is 2.88 bits per heavy atom. The predicted octanol–water partition coefficient (Wildman–Crippen LogP) is 0.420. The normalized spacial score (nSPS) is 27.1. The summed E-state index contributed by atoms with van der Waals surface area (Å²) in [5.74, 6) is 0.373. The van der Waals surface area contributed by atoms with Crippen molar-refractivity contribution in [3.8, 4) is 0 Å². The lowest BCUT2D eigenvalue weighted by molar-refractivity contribution is -0.120. The zero-order chi connectivity index (χ0) is 11.2. The number of hydrogen-bond donors (Lipinski definition) is 1. The minimum Gasteiger partial charge on any atom is -0.378 e. The van der Waals surface area contributed by atoms with Crippen molar-refractivity contribution in [2.45, 2.75) is 31.8 Å². The monoisotopic (exact) mass is 226 g/mol. The standard InChI is InChI=1S/C12H22N2O2/c15-11(3-4-12-2-1-9-16-12)10-14-7-5-13-6-8-14/h12-13H,1-10H2. The van der Waals surface area contributed by atoms with Crippen LogP contribution >= 0.6 is 0 Å². The number of carbonyl (C=O) groups is 1. The second kappa shape index (κ2) is 6.33. The van der Waals surface area contributed by atoms with E-state index >= 15 is 0 Å². The molecule has 4 nitrogen and oxygen atoms in total. The summed E-state index contributed by atoms with van der Waals surface area (Å²) in [5.41, 5.74) is 0. The zero-order valence-electron chi connectivity index (χ0n) is 9.91. The van der Waals surface area contributed by atoms with E-state index in [9.17, 15) is 4.79 Å². The van der Waals surface area contributed by atoms with E-state index in [-0.39, 0.29) is 0 Å². The van der Waals surface area contributed by atoms with E-state index in [4.69, 9.17) is 4.74 Å². The Balaban J connectivity index is 1.59. The molecule has 0 aliphatic carbocycles. The van der Waals surface area contributed by atoms with Crippen molar-refractivity contribution < 1.29 is 9.53 Å². The van der Waals surface area contributed by atoms with Gasteiger partial charge in [-0.05, 0) is 19.3 Å². The summed E-state index contributed by atoms with van der Waals surface area (Å²) in [7, 11) is 0. The van der Waals surface area contributed by atoms with Gasteiger partial charge in [0.05, 0.1) is 12.6 Å². The Hall–Kier alpha value is -0.450. The Kier molecular flexibility index (Phi) is 4.75. The van der Waals surface area contributed by atoms with Crippen LogP contribution in [0.5, 0.6) is 0 Å². The topological polar surface area (TPSA) is 41.6 Å². The minimum atomic E-state index is 0.354. The average Bonchev–Trinajstić information content (AvgIpc) is 2.81. The van der Waals surface area contributed by atoms with E-state index in [1.807, 2.05) is 0 Å². The van der Waals surface area contributed by atoms with Crippen LogP contribution in [0.25, 0.3) is 0 Å². The number of ether oxygens (including phenoxy) is 1. The second-order valence-corrected chi connectivity index (χ2v) is 4.74. The molecule has 2 aliphatic rings. The molecular formula is C12H22N2O2. The Morgan fingerprint density at radius 1 is 1.38 bits per heavy atom. The molecule has 0 spiro atoms. The first-order valence-corrected chi connectivity index (χ1v) is 6.41. The Bertz CT molecular complexity index is 221. The zero-order valence-corrected chi connectivity index (χ0v) is 9.91. The number of rotatable bonds is 5. The van der Waals surface area contributed by atoms with E-state index in [0.717, 1.165) is 52.0 Å². The third kappa shape index (κ3) is 3.85. The van der Waals surface area contributed by atoms with Crippen LogP contribution in [0.3, 0.4) is 0 Å². The highest BCUT2D eigenvalue weighted by Crippen LogP contribution is 2.16. The fraction of sp³-hybridized carbons (Fsp3) is 0.917. The highest BCUT2D eigenvalue weighted by atomic mass is 16.5. The highest BCUT2D eigenvalue weighted by Gasteiger charge is 2.18. The van der Waals surface area contributed by atoms with E-state index in [1.165, 1.54) is 0 Å². The number of piperazine rings is 1. The number of ketones is 1. The summed E-state index contributed by atoms with van der Waals surface area (Å²) < 4.78 is 5.52. The van der Waals surface area contributed by atoms with Gasteiger partial charge in [0.25, 0.3) is 0 Å². The van der Waals surface area contributed by atoms with Crippen LogP contribution < -0.4 is 5.32 Å². The van der Waals surface area contributed by atoms with Crippen LogP contribution in [0.15, 0.2) is 0 Å². The van der Waals surface area contributed by atoms with Crippen molar-refractivity contribution in [1.82, 2.24) is 10.2 Å². The van der Waals surface area contributed by atoms with Crippen molar-refractivity contribution in [3.63, 3.8) is 0 Å². The maximum atomic E-state index is 11.8. The van der Waals surface area contributed by atoms with Crippen molar-refractivity contribution in [1.29, 1.82) is 0 Å². The smallest absolute Gasteiger partial charge is 0.146 e. The third-order valence-corrected chi connectivity index (χ3v) is 3.38. The van der Waals surface area contributed by atoms with Crippen LogP contribution in [-0.2, 0) is 9.53 Å². The molecule has 1 N–H and O–H groups in total. The lowest BCUT2D eigenvalue weighted by Gasteiger charge is -2.26. The molecule has 0 bridgehead atoms. The summed E-state index contributed by atoms with van der Waals surface area (Å²) >= 11 is 0. The van der Waals surface area contributed by atoms with Gasteiger partial charge in [0, 0.05) is 39.2 Å². The van der Waals surface area contributed by atoms with Crippen molar-refractivity contribution in [3.05, 3.63) is 0 Å². The molecule has 2 saturated heterocycles. The van der Waals surface area contributed by atoms with Gasteiger partial charge in [0.15, 0.2) is 0 Å². The lowest BCUT2D eigenvalue weighted by atomic mass is 10.1. The van der Waals surface area contributed by atoms with Gasteiger partial charge in [-0.3, -0.25) is 9.69 Å². The van der Waals surface area contributed by atoms with Crippen LogP contribution in [0.2, 0.25) is 0 Å². The minimum absolute atomic E-state index is 0.354. The molecule has 92 valence electrons. The van der Waals surface area contributed by atoms with Crippen molar-refractivity contribution in [2.75, 3.05) is 39.3 Å². The largest absolute Gasteiger partial charge is 0.378 e. The van der Waals surface area contributed by atoms with Crippen LogP contribution in [0, 0.1) is 0 Å². The maximum Gasteiger partial charge on any atom is 0.146 e. The summed E-state index contributed by atoms with van der Waals surface area (Å²) in [5, 5.41) is 3.29. The van der Waals surface area contributed by atoms with Gasteiger partial charge in [-0.1, -0.05) is 0 Å². The highest BCUT2D eigenvalue weighted by molar-refractivity contribution is 5.80. The molecular weight excluding hydrogens is 204 g/mol. The molecule has 0 aromatic heterocycles. The first-order valence-electron chi connectivity index (χ1n) is 6.41. The average molecular weight is 226 g/mol. The molecule has 0 radical (unpaired) electrons. The fourth-order valence-corrected chi connectivity index (χ4v) is 2.39. The van der Waals surface area contributed by atoms with E-state index in [1.54, 1.807) is 0 Å². The quantitative estimate of drug-likeness (QED) is 0.737. The number of nitrogens with zero attached hydrogens (tertiary/aromatic N) is 1. The molecule has 4 heteroatoms. The summed E-state index contributed by atoms with van der Waals surface area (Å²) in [6.07, 6.45) is 4.27. The van der Waals surface area contributed by atoms with E-state index < -0.39 is 0 Å². The van der Waals surface area contributed by atoms with Gasteiger partial charge in [0.1, 0.15) is 5.78 Å². The third-order valence-electron chi connectivity index (χ3n) is 3.38. The fourth-order valence-electron chi connectivity index (χ4n) is 2.39. The molecule has 2 aliphatic heterocycles. The Labute approximate surface area is 97.3 Å². The molecule has 2 rings (SSSR count).